The molecule has 94 valence electrons. The second kappa shape index (κ2) is 5.21. The highest BCUT2D eigenvalue weighted by Crippen LogP contribution is 2.34. The molecular formula is C13H18BrNOS. The molecular weight excluding hydrogens is 298 g/mol. The van der Waals surface area contributed by atoms with Crippen molar-refractivity contribution in [3.63, 3.8) is 0 Å². The van der Waals surface area contributed by atoms with Crippen molar-refractivity contribution in [1.82, 2.24) is 0 Å². The predicted octanol–water partition coefficient (Wildman–Crippen LogP) is 4.08. The van der Waals surface area contributed by atoms with Crippen LogP contribution in [0.1, 0.15) is 26.7 Å². The van der Waals surface area contributed by atoms with Gasteiger partial charge in [-0.05, 0) is 44.9 Å². The smallest absolute Gasteiger partial charge is 0.0677 e. The zero-order valence-corrected chi connectivity index (χ0v) is 12.6. The number of halogens is 1. The fourth-order valence-corrected chi connectivity index (χ4v) is 3.40. The van der Waals surface area contributed by atoms with Crippen molar-refractivity contribution in [1.29, 1.82) is 0 Å². The Hall–Kier alpha value is -0.190. The van der Waals surface area contributed by atoms with Crippen molar-refractivity contribution < 1.29 is 4.74 Å². The molecule has 1 saturated heterocycles. The quantitative estimate of drug-likeness (QED) is 0.674. The Balaban J connectivity index is 1.90. The first-order valence-corrected chi connectivity index (χ1v) is 7.60. The van der Waals surface area contributed by atoms with Crippen LogP contribution in [0.3, 0.4) is 0 Å². The van der Waals surface area contributed by atoms with Gasteiger partial charge in [-0.15, -0.1) is 11.8 Å². The van der Waals surface area contributed by atoms with Gasteiger partial charge in [0.1, 0.15) is 0 Å². The second-order valence-electron chi connectivity index (χ2n) is 5.03. The highest BCUT2D eigenvalue weighted by atomic mass is 79.9. The third-order valence-electron chi connectivity index (χ3n) is 2.95. The normalized spacial score (nSPS) is 22.9. The van der Waals surface area contributed by atoms with Gasteiger partial charge in [0.25, 0.3) is 0 Å². The van der Waals surface area contributed by atoms with E-state index in [4.69, 9.17) is 10.5 Å². The fraction of sp³-hybridized carbons (Fsp3) is 0.538. The first kappa shape index (κ1) is 13.2. The number of rotatable bonds is 3. The summed E-state index contributed by atoms with van der Waals surface area (Å²) in [6.45, 7) is 4.32. The van der Waals surface area contributed by atoms with Crippen molar-refractivity contribution in [2.75, 3.05) is 11.5 Å². The van der Waals surface area contributed by atoms with Gasteiger partial charge in [-0.25, -0.2) is 0 Å². The van der Waals surface area contributed by atoms with Gasteiger partial charge in [0.2, 0.25) is 0 Å². The van der Waals surface area contributed by atoms with Gasteiger partial charge in [-0.3, -0.25) is 0 Å². The largest absolute Gasteiger partial charge is 0.398 e. The lowest BCUT2D eigenvalue weighted by molar-refractivity contribution is -0.00466. The van der Waals surface area contributed by atoms with E-state index in [0.717, 1.165) is 33.7 Å². The van der Waals surface area contributed by atoms with Crippen LogP contribution in [0.5, 0.6) is 0 Å². The van der Waals surface area contributed by atoms with E-state index in [1.54, 1.807) is 11.8 Å². The fourth-order valence-electron chi connectivity index (χ4n) is 2.03. The van der Waals surface area contributed by atoms with E-state index in [2.05, 4.69) is 35.8 Å². The molecule has 1 fully saturated rings. The molecule has 1 atom stereocenters. The molecule has 4 heteroatoms. The van der Waals surface area contributed by atoms with Crippen LogP contribution in [0, 0.1) is 0 Å². The molecule has 1 heterocycles. The molecule has 0 saturated carbocycles. The lowest BCUT2D eigenvalue weighted by Gasteiger charge is -2.19. The summed E-state index contributed by atoms with van der Waals surface area (Å²) >= 11 is 5.20. The first-order chi connectivity index (χ1) is 7.96. The summed E-state index contributed by atoms with van der Waals surface area (Å²) in [4.78, 5) is 1.14. The SMILES string of the molecule is CC1(C)CCC(CSc2ccc(Br)cc2N)O1. The Morgan fingerprint density at radius 2 is 2.29 bits per heavy atom. The number of nitrogens with two attached hydrogens (primary N) is 1. The lowest BCUT2D eigenvalue weighted by Crippen LogP contribution is -2.21. The summed E-state index contributed by atoms with van der Waals surface area (Å²) in [6, 6.07) is 6.03. The van der Waals surface area contributed by atoms with E-state index in [-0.39, 0.29) is 5.60 Å². The van der Waals surface area contributed by atoms with E-state index in [0.29, 0.717) is 6.10 Å². The van der Waals surface area contributed by atoms with Gasteiger partial charge in [-0.1, -0.05) is 15.9 Å². The van der Waals surface area contributed by atoms with Crippen molar-refractivity contribution in [2.45, 2.75) is 43.3 Å². The van der Waals surface area contributed by atoms with Gasteiger partial charge in [0.05, 0.1) is 11.7 Å². The van der Waals surface area contributed by atoms with Crippen LogP contribution in [0.25, 0.3) is 0 Å². The molecule has 1 aromatic rings. The number of hydrogen-bond acceptors (Lipinski definition) is 3. The van der Waals surface area contributed by atoms with E-state index < -0.39 is 0 Å². The first-order valence-electron chi connectivity index (χ1n) is 5.82. The summed E-state index contributed by atoms with van der Waals surface area (Å²) < 4.78 is 6.99. The average Bonchev–Trinajstić information content (AvgIpc) is 2.57. The summed E-state index contributed by atoms with van der Waals surface area (Å²) in [6.07, 6.45) is 2.66. The summed E-state index contributed by atoms with van der Waals surface area (Å²) in [7, 11) is 0. The Morgan fingerprint density at radius 3 is 2.88 bits per heavy atom. The van der Waals surface area contributed by atoms with Crippen molar-refractivity contribution in [3.8, 4) is 0 Å². The highest BCUT2D eigenvalue weighted by Gasteiger charge is 2.31. The highest BCUT2D eigenvalue weighted by molar-refractivity contribution is 9.10. The third kappa shape index (κ3) is 3.63. The van der Waals surface area contributed by atoms with Gasteiger partial charge in [0, 0.05) is 20.8 Å². The monoisotopic (exact) mass is 315 g/mol. The van der Waals surface area contributed by atoms with E-state index in [9.17, 15) is 0 Å². The zero-order chi connectivity index (χ0) is 12.5. The standard InChI is InChI=1S/C13H18BrNOS/c1-13(2)6-5-10(16-13)8-17-12-4-3-9(14)7-11(12)15/h3-4,7,10H,5-6,8,15H2,1-2H3. The lowest BCUT2D eigenvalue weighted by atomic mass is 10.1. The van der Waals surface area contributed by atoms with Crippen LogP contribution in [0.15, 0.2) is 27.6 Å². The van der Waals surface area contributed by atoms with E-state index >= 15 is 0 Å². The molecule has 1 aromatic carbocycles. The van der Waals surface area contributed by atoms with Crippen molar-refractivity contribution in [2.24, 2.45) is 0 Å². The van der Waals surface area contributed by atoms with E-state index in [1.807, 2.05) is 12.1 Å². The second-order valence-corrected chi connectivity index (χ2v) is 7.01. The van der Waals surface area contributed by atoms with Crippen LogP contribution >= 0.6 is 27.7 Å². The van der Waals surface area contributed by atoms with Crippen molar-refractivity contribution in [3.05, 3.63) is 22.7 Å². The molecule has 0 aliphatic carbocycles. The third-order valence-corrected chi connectivity index (χ3v) is 4.67. The number of ether oxygens (including phenoxy) is 1. The van der Waals surface area contributed by atoms with Crippen LogP contribution in [-0.4, -0.2) is 17.5 Å². The molecule has 1 aliphatic heterocycles. The van der Waals surface area contributed by atoms with Gasteiger partial charge >= 0.3 is 0 Å². The number of hydrogen-bond donors (Lipinski definition) is 1. The maximum absolute atomic E-state index is 5.97. The number of benzene rings is 1. The van der Waals surface area contributed by atoms with Crippen LogP contribution in [0.4, 0.5) is 5.69 Å². The Morgan fingerprint density at radius 1 is 1.53 bits per heavy atom. The van der Waals surface area contributed by atoms with Gasteiger partial charge in [0.15, 0.2) is 0 Å². The molecule has 0 aromatic heterocycles. The van der Waals surface area contributed by atoms with E-state index in [1.165, 1.54) is 0 Å². The molecule has 17 heavy (non-hydrogen) atoms. The van der Waals surface area contributed by atoms with Crippen LogP contribution in [0.2, 0.25) is 0 Å². The molecule has 2 N–H and O–H groups in total. The van der Waals surface area contributed by atoms with Crippen LogP contribution in [-0.2, 0) is 4.74 Å². The number of anilines is 1. The maximum Gasteiger partial charge on any atom is 0.0677 e. The molecule has 2 nitrogen and oxygen atoms in total. The molecule has 0 spiro atoms. The minimum Gasteiger partial charge on any atom is -0.398 e. The van der Waals surface area contributed by atoms with Gasteiger partial charge < -0.3 is 10.5 Å². The number of thioether (sulfide) groups is 1. The topological polar surface area (TPSA) is 35.2 Å². The minimum absolute atomic E-state index is 0.0521. The molecule has 1 aliphatic rings. The molecule has 0 amide bonds. The molecule has 2 rings (SSSR count). The predicted molar refractivity (Wildman–Crippen MR) is 77.5 cm³/mol. The van der Waals surface area contributed by atoms with Crippen molar-refractivity contribution >= 4 is 33.4 Å². The molecule has 1 unspecified atom stereocenters. The Bertz CT molecular complexity index is 408. The molecule has 0 bridgehead atoms. The maximum atomic E-state index is 5.97. The van der Waals surface area contributed by atoms with Crippen LogP contribution < -0.4 is 5.73 Å². The summed E-state index contributed by atoms with van der Waals surface area (Å²) in [5, 5.41) is 0. The number of nitrogen functional groups attached to an aromatic ring is 1. The average molecular weight is 316 g/mol. The van der Waals surface area contributed by atoms with Gasteiger partial charge in [-0.2, -0.15) is 0 Å². The Labute approximate surface area is 115 Å². The summed E-state index contributed by atoms with van der Waals surface area (Å²) in [5.74, 6) is 0.981. The zero-order valence-electron chi connectivity index (χ0n) is 10.2. The summed E-state index contributed by atoms with van der Waals surface area (Å²) in [5.41, 5.74) is 6.85. The molecule has 0 radical (unpaired) electrons. The Kier molecular flexibility index (Phi) is 4.06. The minimum atomic E-state index is 0.0521.